The monoisotopic (exact) mass is 229 g/mol. The van der Waals surface area contributed by atoms with Crippen LogP contribution < -0.4 is 5.32 Å². The summed E-state index contributed by atoms with van der Waals surface area (Å²) in [5.41, 5.74) is 0. The number of rotatable bonds is 6. The number of amides is 1. The molecule has 0 aliphatic rings. The zero-order valence-corrected chi connectivity index (χ0v) is 8.33. The van der Waals surface area contributed by atoms with E-state index >= 15 is 0 Å². The smallest absolute Gasteiger partial charge is 0.322 e. The average Bonchev–Trinajstić information content (AvgIpc) is 2.63. The van der Waals surface area contributed by atoms with E-state index in [9.17, 15) is 9.59 Å². The third-order valence-electron chi connectivity index (χ3n) is 1.67. The van der Waals surface area contributed by atoms with Gasteiger partial charge < -0.3 is 15.5 Å². The van der Waals surface area contributed by atoms with E-state index in [1.165, 1.54) is 4.68 Å². The molecule has 0 aromatic carbocycles. The molecule has 0 spiro atoms. The Morgan fingerprint density at radius 3 is 2.81 bits per heavy atom. The van der Waals surface area contributed by atoms with Crippen LogP contribution in [0.1, 0.15) is 5.82 Å². The van der Waals surface area contributed by atoms with E-state index in [0.717, 1.165) is 0 Å². The van der Waals surface area contributed by atoms with Gasteiger partial charge in [0.15, 0.2) is 5.82 Å². The summed E-state index contributed by atoms with van der Waals surface area (Å²) in [6.45, 7) is -0.399. The van der Waals surface area contributed by atoms with Gasteiger partial charge in [0.05, 0.1) is 19.6 Å². The quantitative estimate of drug-likeness (QED) is 0.487. The van der Waals surface area contributed by atoms with Crippen LogP contribution >= 0.6 is 0 Å². The lowest BCUT2D eigenvalue weighted by Crippen LogP contribution is -2.31. The van der Waals surface area contributed by atoms with E-state index in [4.69, 9.17) is 10.2 Å². The van der Waals surface area contributed by atoms with Crippen molar-refractivity contribution in [3.63, 3.8) is 0 Å². The second kappa shape index (κ2) is 5.75. The number of nitrogens with one attached hydrogen (secondary N) is 1. The summed E-state index contributed by atoms with van der Waals surface area (Å²) in [7, 11) is 0. The summed E-state index contributed by atoms with van der Waals surface area (Å²) < 4.78 is 1.28. The van der Waals surface area contributed by atoms with Crippen LogP contribution in [0.3, 0.4) is 0 Å². The normalized spacial score (nSPS) is 10.1. The predicted octanol–water partition coefficient (Wildman–Crippen LogP) is -2.59. The maximum absolute atomic E-state index is 11.2. The van der Waals surface area contributed by atoms with Gasteiger partial charge in [0.2, 0.25) is 5.91 Å². The van der Waals surface area contributed by atoms with Gasteiger partial charge in [0.25, 0.3) is 0 Å². The van der Waals surface area contributed by atoms with E-state index < -0.39 is 18.4 Å². The van der Waals surface area contributed by atoms with Crippen LogP contribution in [0.2, 0.25) is 0 Å². The number of aliphatic hydroxyl groups excluding tert-OH is 1. The van der Waals surface area contributed by atoms with Gasteiger partial charge in [-0.1, -0.05) is 0 Å². The largest absolute Gasteiger partial charge is 0.480 e. The summed E-state index contributed by atoms with van der Waals surface area (Å²) >= 11 is 0. The molecule has 0 atom stereocenters. The predicted molar refractivity (Wildman–Crippen MR) is 49.3 cm³/mol. The molecule has 16 heavy (non-hydrogen) atoms. The van der Waals surface area contributed by atoms with E-state index in [-0.39, 0.29) is 25.4 Å². The minimum absolute atomic E-state index is 0.125. The van der Waals surface area contributed by atoms with Crippen molar-refractivity contribution in [1.82, 2.24) is 25.5 Å². The highest BCUT2D eigenvalue weighted by molar-refractivity contribution is 5.82. The third-order valence-corrected chi connectivity index (χ3v) is 1.67. The third kappa shape index (κ3) is 3.61. The van der Waals surface area contributed by atoms with Crippen molar-refractivity contribution in [3.05, 3.63) is 5.82 Å². The molecule has 88 valence electrons. The molecule has 0 fully saturated rings. The van der Waals surface area contributed by atoms with Crippen LogP contribution in [-0.2, 0) is 22.6 Å². The Bertz CT molecular complexity index is 377. The van der Waals surface area contributed by atoms with Crippen molar-refractivity contribution in [3.8, 4) is 0 Å². The Kier molecular flexibility index (Phi) is 4.33. The first-order valence-electron chi connectivity index (χ1n) is 4.48. The van der Waals surface area contributed by atoms with Gasteiger partial charge in [-0.2, -0.15) is 0 Å². The minimum atomic E-state index is -1.12. The first-order chi connectivity index (χ1) is 7.63. The molecule has 1 rings (SSSR count). The number of hydrogen-bond donors (Lipinski definition) is 3. The Hall–Kier alpha value is -2.03. The Balaban J connectivity index is 2.48. The van der Waals surface area contributed by atoms with Gasteiger partial charge in [-0.15, -0.1) is 5.10 Å². The SMILES string of the molecule is O=C(O)CNC(=O)Cc1nnnn1CCO. The second-order valence-corrected chi connectivity index (χ2v) is 2.89. The zero-order chi connectivity index (χ0) is 12.0. The highest BCUT2D eigenvalue weighted by Crippen LogP contribution is 1.93. The van der Waals surface area contributed by atoms with E-state index in [0.29, 0.717) is 0 Å². The molecule has 9 nitrogen and oxygen atoms in total. The minimum Gasteiger partial charge on any atom is -0.480 e. The summed E-state index contributed by atoms with van der Waals surface area (Å²) in [4.78, 5) is 21.4. The molecule has 0 bridgehead atoms. The lowest BCUT2D eigenvalue weighted by atomic mass is 10.3. The fourth-order valence-corrected chi connectivity index (χ4v) is 0.999. The Morgan fingerprint density at radius 2 is 2.19 bits per heavy atom. The van der Waals surface area contributed by atoms with Crippen LogP contribution in [0, 0.1) is 0 Å². The van der Waals surface area contributed by atoms with Crippen molar-refractivity contribution in [2.75, 3.05) is 13.2 Å². The number of carboxylic acid groups (broad SMARTS) is 1. The first-order valence-corrected chi connectivity index (χ1v) is 4.48. The molecule has 0 unspecified atom stereocenters. The van der Waals surface area contributed by atoms with Crippen molar-refractivity contribution in [1.29, 1.82) is 0 Å². The molecule has 1 aromatic rings. The van der Waals surface area contributed by atoms with E-state index in [1.54, 1.807) is 0 Å². The molecule has 0 radical (unpaired) electrons. The molecule has 0 aliphatic carbocycles. The molecule has 0 saturated heterocycles. The lowest BCUT2D eigenvalue weighted by Gasteiger charge is -2.02. The number of carboxylic acids is 1. The molecule has 1 heterocycles. The molecule has 1 aromatic heterocycles. The summed E-state index contributed by atoms with van der Waals surface area (Å²) in [6, 6.07) is 0. The van der Waals surface area contributed by atoms with Crippen molar-refractivity contribution >= 4 is 11.9 Å². The molecular formula is C7H11N5O4. The Labute approximate surface area is 90.1 Å². The summed E-state index contributed by atoms with van der Waals surface area (Å²) in [5.74, 6) is -1.34. The molecule has 3 N–H and O–H groups in total. The fraction of sp³-hybridized carbons (Fsp3) is 0.571. The average molecular weight is 229 g/mol. The number of aliphatic hydroxyl groups is 1. The van der Waals surface area contributed by atoms with Gasteiger partial charge in [0.1, 0.15) is 6.54 Å². The van der Waals surface area contributed by atoms with Gasteiger partial charge in [-0.3, -0.25) is 9.59 Å². The van der Waals surface area contributed by atoms with E-state index in [2.05, 4.69) is 20.8 Å². The topological polar surface area (TPSA) is 130 Å². The number of aliphatic carboxylic acids is 1. The number of hydrogen-bond acceptors (Lipinski definition) is 6. The van der Waals surface area contributed by atoms with Gasteiger partial charge in [0, 0.05) is 0 Å². The highest BCUT2D eigenvalue weighted by atomic mass is 16.4. The summed E-state index contributed by atoms with van der Waals surface area (Å²) in [6.07, 6.45) is -0.125. The van der Waals surface area contributed by atoms with Crippen LogP contribution in [0.25, 0.3) is 0 Å². The lowest BCUT2D eigenvalue weighted by molar-refractivity contribution is -0.137. The Morgan fingerprint density at radius 1 is 1.44 bits per heavy atom. The molecular weight excluding hydrogens is 218 g/mol. The fourth-order valence-electron chi connectivity index (χ4n) is 0.999. The summed E-state index contributed by atoms with van der Waals surface area (Å²) in [5, 5.41) is 29.7. The maximum atomic E-state index is 11.2. The van der Waals surface area contributed by atoms with Crippen LogP contribution in [-0.4, -0.2) is 55.4 Å². The number of nitrogens with zero attached hydrogens (tertiary/aromatic N) is 4. The van der Waals surface area contributed by atoms with Gasteiger partial charge in [-0.05, 0) is 10.4 Å². The van der Waals surface area contributed by atoms with Crippen LogP contribution in [0.5, 0.6) is 0 Å². The number of carbonyl (C=O) groups is 2. The van der Waals surface area contributed by atoms with Gasteiger partial charge in [-0.25, -0.2) is 4.68 Å². The van der Waals surface area contributed by atoms with Crippen molar-refractivity contribution < 1.29 is 19.8 Å². The van der Waals surface area contributed by atoms with Crippen molar-refractivity contribution in [2.45, 2.75) is 13.0 Å². The molecule has 0 aliphatic heterocycles. The number of tetrazole rings is 1. The van der Waals surface area contributed by atoms with Crippen LogP contribution in [0.4, 0.5) is 0 Å². The molecule has 1 amide bonds. The highest BCUT2D eigenvalue weighted by Gasteiger charge is 2.11. The van der Waals surface area contributed by atoms with Gasteiger partial charge >= 0.3 is 5.97 Å². The number of carbonyl (C=O) groups excluding carboxylic acids is 1. The second-order valence-electron chi connectivity index (χ2n) is 2.89. The van der Waals surface area contributed by atoms with Crippen molar-refractivity contribution in [2.24, 2.45) is 0 Å². The molecule has 9 heteroatoms. The first kappa shape index (κ1) is 12.0. The maximum Gasteiger partial charge on any atom is 0.322 e. The van der Waals surface area contributed by atoms with Crippen LogP contribution in [0.15, 0.2) is 0 Å². The number of aromatic nitrogens is 4. The molecule has 0 saturated carbocycles. The standard InChI is InChI=1S/C7H11N5O4/c13-2-1-12-5(9-10-11-12)3-6(14)8-4-7(15)16/h13H,1-4H2,(H,8,14)(H,15,16). The van der Waals surface area contributed by atoms with E-state index in [1.807, 2.05) is 0 Å². The zero-order valence-electron chi connectivity index (χ0n) is 8.33.